The monoisotopic (exact) mass is 205 g/mol. The third-order valence-corrected chi connectivity index (χ3v) is 2.68. The zero-order chi connectivity index (χ0) is 10.5. The van der Waals surface area contributed by atoms with Crippen LogP contribution in [0.5, 0.6) is 0 Å². The van der Waals surface area contributed by atoms with Crippen LogP contribution in [0.15, 0.2) is 12.4 Å². The average Bonchev–Trinajstić information content (AvgIpc) is 3.05. The van der Waals surface area contributed by atoms with Crippen molar-refractivity contribution in [3.8, 4) is 0 Å². The van der Waals surface area contributed by atoms with Crippen LogP contribution in [0, 0.1) is 5.92 Å². The summed E-state index contributed by atoms with van der Waals surface area (Å²) in [6, 6.07) is 0. The summed E-state index contributed by atoms with van der Waals surface area (Å²) in [5, 5.41) is 3.34. The summed E-state index contributed by atoms with van der Waals surface area (Å²) >= 11 is 0. The Balaban J connectivity index is 1.80. The summed E-state index contributed by atoms with van der Waals surface area (Å²) in [4.78, 5) is 8.77. The van der Waals surface area contributed by atoms with Crippen LogP contribution >= 0.6 is 0 Å². The molecular formula is C12H19N3. The molecule has 1 aromatic rings. The molecule has 2 rings (SSSR count). The van der Waals surface area contributed by atoms with E-state index in [1.807, 2.05) is 12.4 Å². The maximum atomic E-state index is 4.39. The lowest BCUT2D eigenvalue weighted by Gasteiger charge is -2.03. The minimum Gasteiger partial charge on any atom is -0.313 e. The molecule has 15 heavy (non-hydrogen) atoms. The Labute approximate surface area is 91.3 Å². The molecule has 1 aromatic heterocycles. The van der Waals surface area contributed by atoms with Gasteiger partial charge >= 0.3 is 0 Å². The van der Waals surface area contributed by atoms with Crippen molar-refractivity contribution in [2.45, 2.75) is 39.2 Å². The summed E-state index contributed by atoms with van der Waals surface area (Å²) < 4.78 is 0. The van der Waals surface area contributed by atoms with Crippen molar-refractivity contribution in [2.75, 3.05) is 6.54 Å². The number of hydrogen-bond donors (Lipinski definition) is 1. The van der Waals surface area contributed by atoms with E-state index in [9.17, 15) is 0 Å². The highest BCUT2D eigenvalue weighted by atomic mass is 14.9. The zero-order valence-electron chi connectivity index (χ0n) is 9.37. The molecule has 1 heterocycles. The number of nitrogens with one attached hydrogen (secondary N) is 1. The van der Waals surface area contributed by atoms with Gasteiger partial charge in [0, 0.05) is 30.9 Å². The van der Waals surface area contributed by atoms with E-state index in [0.29, 0.717) is 0 Å². The Morgan fingerprint density at radius 2 is 2.07 bits per heavy atom. The van der Waals surface area contributed by atoms with E-state index in [2.05, 4.69) is 22.2 Å². The van der Waals surface area contributed by atoms with E-state index in [0.717, 1.165) is 31.3 Å². The van der Waals surface area contributed by atoms with Gasteiger partial charge in [0.25, 0.3) is 0 Å². The Morgan fingerprint density at radius 1 is 1.33 bits per heavy atom. The second-order valence-electron chi connectivity index (χ2n) is 4.33. The van der Waals surface area contributed by atoms with Gasteiger partial charge in [0.2, 0.25) is 0 Å². The molecule has 0 bridgehead atoms. The topological polar surface area (TPSA) is 37.8 Å². The third kappa shape index (κ3) is 3.59. The Hall–Kier alpha value is -0.960. The van der Waals surface area contributed by atoms with E-state index >= 15 is 0 Å². The first-order valence-corrected chi connectivity index (χ1v) is 5.89. The van der Waals surface area contributed by atoms with Crippen molar-refractivity contribution in [3.05, 3.63) is 23.8 Å². The SMILES string of the molecule is CCCNCc1cnc(CC2CC2)nc1. The summed E-state index contributed by atoms with van der Waals surface area (Å²) in [6.45, 7) is 4.11. The van der Waals surface area contributed by atoms with Crippen LogP contribution in [0.25, 0.3) is 0 Å². The molecule has 0 aliphatic heterocycles. The molecule has 1 aliphatic rings. The summed E-state index contributed by atoms with van der Waals surface area (Å²) in [5.41, 5.74) is 1.18. The molecule has 0 spiro atoms. The van der Waals surface area contributed by atoms with E-state index in [-0.39, 0.29) is 0 Å². The number of rotatable bonds is 6. The van der Waals surface area contributed by atoms with Crippen molar-refractivity contribution >= 4 is 0 Å². The maximum Gasteiger partial charge on any atom is 0.128 e. The summed E-state index contributed by atoms with van der Waals surface area (Å²) in [7, 11) is 0. The molecule has 1 saturated carbocycles. The smallest absolute Gasteiger partial charge is 0.128 e. The second-order valence-corrected chi connectivity index (χ2v) is 4.33. The average molecular weight is 205 g/mol. The molecule has 0 unspecified atom stereocenters. The lowest BCUT2D eigenvalue weighted by Crippen LogP contribution is -2.14. The van der Waals surface area contributed by atoms with Crippen LogP contribution in [0.4, 0.5) is 0 Å². The normalized spacial score (nSPS) is 15.5. The quantitative estimate of drug-likeness (QED) is 0.721. The van der Waals surface area contributed by atoms with Gasteiger partial charge in [-0.2, -0.15) is 0 Å². The van der Waals surface area contributed by atoms with Crippen LogP contribution in [0.3, 0.4) is 0 Å². The Kier molecular flexibility index (Phi) is 3.67. The van der Waals surface area contributed by atoms with Crippen LogP contribution < -0.4 is 5.32 Å². The molecule has 0 aromatic carbocycles. The van der Waals surface area contributed by atoms with E-state index < -0.39 is 0 Å². The van der Waals surface area contributed by atoms with E-state index in [4.69, 9.17) is 0 Å². The van der Waals surface area contributed by atoms with Gasteiger partial charge in [0.15, 0.2) is 0 Å². The molecule has 0 amide bonds. The predicted octanol–water partition coefficient (Wildman–Crippen LogP) is 1.93. The molecule has 3 heteroatoms. The van der Waals surface area contributed by atoms with Gasteiger partial charge in [-0.25, -0.2) is 9.97 Å². The molecule has 0 saturated heterocycles. The van der Waals surface area contributed by atoms with Gasteiger partial charge in [-0.05, 0) is 31.7 Å². The lowest BCUT2D eigenvalue weighted by molar-refractivity contribution is 0.668. The van der Waals surface area contributed by atoms with Gasteiger partial charge in [-0.1, -0.05) is 6.92 Å². The van der Waals surface area contributed by atoms with Crippen molar-refractivity contribution in [1.82, 2.24) is 15.3 Å². The highest BCUT2D eigenvalue weighted by molar-refractivity contribution is 5.05. The Bertz CT molecular complexity index is 290. The summed E-state index contributed by atoms with van der Waals surface area (Å²) in [5.74, 6) is 1.88. The zero-order valence-corrected chi connectivity index (χ0v) is 9.37. The third-order valence-electron chi connectivity index (χ3n) is 2.68. The van der Waals surface area contributed by atoms with Crippen LogP contribution in [0.2, 0.25) is 0 Å². The fourth-order valence-corrected chi connectivity index (χ4v) is 1.57. The second kappa shape index (κ2) is 5.21. The molecular weight excluding hydrogens is 186 g/mol. The highest BCUT2D eigenvalue weighted by Gasteiger charge is 2.22. The Morgan fingerprint density at radius 3 is 2.67 bits per heavy atom. The molecule has 1 fully saturated rings. The van der Waals surface area contributed by atoms with Crippen molar-refractivity contribution < 1.29 is 0 Å². The van der Waals surface area contributed by atoms with Crippen LogP contribution in [0.1, 0.15) is 37.6 Å². The first kappa shape index (κ1) is 10.6. The highest BCUT2D eigenvalue weighted by Crippen LogP contribution is 2.31. The van der Waals surface area contributed by atoms with E-state index in [1.54, 1.807) is 0 Å². The van der Waals surface area contributed by atoms with Gasteiger partial charge < -0.3 is 5.32 Å². The standard InChI is InChI=1S/C12H19N3/c1-2-5-13-7-11-8-14-12(15-9-11)6-10-3-4-10/h8-10,13H,2-7H2,1H3. The van der Waals surface area contributed by atoms with Crippen LogP contribution in [-0.4, -0.2) is 16.5 Å². The molecule has 3 nitrogen and oxygen atoms in total. The fraction of sp³-hybridized carbons (Fsp3) is 0.667. The van der Waals surface area contributed by atoms with Gasteiger partial charge in [-0.3, -0.25) is 0 Å². The minimum atomic E-state index is 0.870. The summed E-state index contributed by atoms with van der Waals surface area (Å²) in [6.07, 6.45) is 8.87. The predicted molar refractivity (Wildman–Crippen MR) is 60.5 cm³/mol. The number of hydrogen-bond acceptors (Lipinski definition) is 3. The van der Waals surface area contributed by atoms with E-state index in [1.165, 1.54) is 24.8 Å². The lowest BCUT2D eigenvalue weighted by atomic mass is 10.2. The molecule has 0 atom stereocenters. The first-order valence-electron chi connectivity index (χ1n) is 5.89. The number of nitrogens with zero attached hydrogens (tertiary/aromatic N) is 2. The van der Waals surface area contributed by atoms with Gasteiger partial charge in [0.05, 0.1) is 0 Å². The van der Waals surface area contributed by atoms with Gasteiger partial charge in [0.1, 0.15) is 5.82 Å². The van der Waals surface area contributed by atoms with Gasteiger partial charge in [-0.15, -0.1) is 0 Å². The molecule has 1 N–H and O–H groups in total. The maximum absolute atomic E-state index is 4.39. The van der Waals surface area contributed by atoms with Crippen molar-refractivity contribution in [1.29, 1.82) is 0 Å². The molecule has 0 radical (unpaired) electrons. The minimum absolute atomic E-state index is 0.870. The van der Waals surface area contributed by atoms with Crippen LogP contribution in [-0.2, 0) is 13.0 Å². The molecule has 82 valence electrons. The molecule has 1 aliphatic carbocycles. The van der Waals surface area contributed by atoms with Crippen molar-refractivity contribution in [2.24, 2.45) is 5.92 Å². The first-order chi connectivity index (χ1) is 7.38. The fourth-order valence-electron chi connectivity index (χ4n) is 1.57. The largest absolute Gasteiger partial charge is 0.313 e. The van der Waals surface area contributed by atoms with Crippen molar-refractivity contribution in [3.63, 3.8) is 0 Å². The number of aromatic nitrogens is 2.